The fourth-order valence-electron chi connectivity index (χ4n) is 2.33. The molecule has 3 nitrogen and oxygen atoms in total. The van der Waals surface area contributed by atoms with Gasteiger partial charge in [-0.2, -0.15) is 0 Å². The van der Waals surface area contributed by atoms with Gasteiger partial charge in [-0.25, -0.2) is 4.39 Å². The van der Waals surface area contributed by atoms with Crippen LogP contribution < -0.4 is 9.64 Å². The number of hydrogen-bond donors (Lipinski definition) is 0. The summed E-state index contributed by atoms with van der Waals surface area (Å²) in [4.78, 5) is 14.3. The summed E-state index contributed by atoms with van der Waals surface area (Å²) in [5.74, 6) is -0.189. The lowest BCUT2D eigenvalue weighted by Crippen LogP contribution is -2.40. The number of anilines is 1. The Hall–Kier alpha value is -2.36. The highest BCUT2D eigenvalue weighted by Gasteiger charge is 2.23. The van der Waals surface area contributed by atoms with Gasteiger partial charge in [0.25, 0.3) is 5.91 Å². The van der Waals surface area contributed by atoms with E-state index in [0.717, 1.165) is 11.3 Å². The van der Waals surface area contributed by atoms with E-state index in [1.165, 1.54) is 12.1 Å². The van der Waals surface area contributed by atoms with Crippen molar-refractivity contribution in [3.8, 4) is 5.75 Å². The second-order valence-electron chi connectivity index (χ2n) is 5.09. The molecule has 0 aliphatic carbocycles. The third-order valence-electron chi connectivity index (χ3n) is 3.45. The van der Waals surface area contributed by atoms with E-state index in [0.29, 0.717) is 12.3 Å². The Labute approximate surface area is 130 Å². The molecule has 2 aromatic carbocycles. The Kier molecular flexibility index (Phi) is 5.15. The fourth-order valence-corrected chi connectivity index (χ4v) is 2.33. The van der Waals surface area contributed by atoms with Crippen LogP contribution in [0.15, 0.2) is 48.5 Å². The number of ether oxygens (including phenoxy) is 1. The first-order chi connectivity index (χ1) is 10.5. The van der Waals surface area contributed by atoms with E-state index in [4.69, 9.17) is 4.74 Å². The molecule has 116 valence electrons. The molecule has 0 bridgehead atoms. The van der Waals surface area contributed by atoms with E-state index in [2.05, 4.69) is 0 Å². The zero-order valence-corrected chi connectivity index (χ0v) is 13.0. The minimum Gasteiger partial charge on any atom is -0.481 e. The fraction of sp³-hybridized carbons (Fsp3) is 0.278. The Morgan fingerprint density at radius 2 is 1.95 bits per heavy atom. The van der Waals surface area contributed by atoms with Crippen LogP contribution in [-0.2, 0) is 4.79 Å². The number of aryl methyl sites for hydroxylation is 1. The first-order valence-electron chi connectivity index (χ1n) is 7.32. The van der Waals surface area contributed by atoms with E-state index in [1.807, 2.05) is 38.1 Å². The van der Waals surface area contributed by atoms with Crippen molar-refractivity contribution in [1.29, 1.82) is 0 Å². The number of halogens is 1. The molecule has 0 aliphatic rings. The molecule has 0 N–H and O–H groups in total. The quantitative estimate of drug-likeness (QED) is 0.836. The van der Waals surface area contributed by atoms with Crippen molar-refractivity contribution in [2.24, 2.45) is 0 Å². The van der Waals surface area contributed by atoms with Gasteiger partial charge in [0.05, 0.1) is 0 Å². The van der Waals surface area contributed by atoms with Crippen LogP contribution in [0.2, 0.25) is 0 Å². The van der Waals surface area contributed by atoms with Crippen LogP contribution in [-0.4, -0.2) is 18.6 Å². The van der Waals surface area contributed by atoms with E-state index >= 15 is 0 Å². The predicted octanol–water partition coefficient (Wildman–Crippen LogP) is 3.95. The largest absolute Gasteiger partial charge is 0.481 e. The summed E-state index contributed by atoms with van der Waals surface area (Å²) in [6.07, 6.45) is -0.693. The molecule has 0 fully saturated rings. The zero-order valence-electron chi connectivity index (χ0n) is 13.0. The summed E-state index contributed by atoms with van der Waals surface area (Å²) >= 11 is 0. The van der Waals surface area contributed by atoms with Crippen LogP contribution in [0, 0.1) is 12.7 Å². The molecule has 22 heavy (non-hydrogen) atoms. The molecular formula is C18H20FNO2. The lowest BCUT2D eigenvalue weighted by molar-refractivity contribution is -0.124. The van der Waals surface area contributed by atoms with E-state index in [1.54, 1.807) is 24.0 Å². The SMILES string of the molecule is CCN(C(=O)C(C)Oc1cccc(F)c1)c1ccccc1C. The number of amides is 1. The van der Waals surface area contributed by atoms with E-state index in [-0.39, 0.29) is 11.7 Å². The molecule has 1 amide bonds. The van der Waals surface area contributed by atoms with Gasteiger partial charge in [0.2, 0.25) is 0 Å². The van der Waals surface area contributed by atoms with Crippen molar-refractivity contribution in [2.75, 3.05) is 11.4 Å². The number of rotatable bonds is 5. The molecule has 0 spiro atoms. The summed E-state index contributed by atoms with van der Waals surface area (Å²) in [5, 5.41) is 0. The lowest BCUT2D eigenvalue weighted by atomic mass is 10.1. The molecule has 1 atom stereocenters. The Morgan fingerprint density at radius 3 is 2.59 bits per heavy atom. The first kappa shape index (κ1) is 16.0. The molecule has 0 saturated carbocycles. The molecule has 4 heteroatoms. The average Bonchev–Trinajstić information content (AvgIpc) is 2.49. The van der Waals surface area contributed by atoms with Crippen molar-refractivity contribution in [3.63, 3.8) is 0 Å². The maximum atomic E-state index is 13.2. The second-order valence-corrected chi connectivity index (χ2v) is 5.09. The van der Waals surface area contributed by atoms with Gasteiger partial charge in [-0.1, -0.05) is 24.3 Å². The third kappa shape index (κ3) is 3.64. The molecule has 2 aromatic rings. The third-order valence-corrected chi connectivity index (χ3v) is 3.45. The molecule has 0 saturated heterocycles. The van der Waals surface area contributed by atoms with Gasteiger partial charge in [0.15, 0.2) is 6.10 Å². The highest BCUT2D eigenvalue weighted by atomic mass is 19.1. The van der Waals surface area contributed by atoms with Crippen molar-refractivity contribution in [1.82, 2.24) is 0 Å². The van der Waals surface area contributed by atoms with Gasteiger partial charge < -0.3 is 9.64 Å². The Bertz CT molecular complexity index is 657. The number of nitrogens with zero attached hydrogens (tertiary/aromatic N) is 1. The summed E-state index contributed by atoms with van der Waals surface area (Å²) in [6.45, 7) is 6.09. The monoisotopic (exact) mass is 301 g/mol. The Balaban J connectivity index is 2.16. The topological polar surface area (TPSA) is 29.5 Å². The number of para-hydroxylation sites is 1. The van der Waals surface area contributed by atoms with Crippen LogP contribution in [0.5, 0.6) is 5.75 Å². The second kappa shape index (κ2) is 7.07. The number of carbonyl (C=O) groups excluding carboxylic acids is 1. The molecule has 2 rings (SSSR count). The molecule has 1 unspecified atom stereocenters. The zero-order chi connectivity index (χ0) is 16.1. The molecular weight excluding hydrogens is 281 g/mol. The van der Waals surface area contributed by atoms with Crippen LogP contribution >= 0.6 is 0 Å². The average molecular weight is 301 g/mol. The maximum absolute atomic E-state index is 13.2. The van der Waals surface area contributed by atoms with Crippen molar-refractivity contribution < 1.29 is 13.9 Å². The highest BCUT2D eigenvalue weighted by molar-refractivity contribution is 5.97. The molecule has 0 heterocycles. The van der Waals surface area contributed by atoms with Crippen molar-refractivity contribution >= 4 is 11.6 Å². The molecule has 0 aliphatic heterocycles. The van der Waals surface area contributed by atoms with Gasteiger partial charge in [0, 0.05) is 18.3 Å². The normalized spacial score (nSPS) is 11.8. The smallest absolute Gasteiger partial charge is 0.267 e. The van der Waals surface area contributed by atoms with Gasteiger partial charge >= 0.3 is 0 Å². The van der Waals surface area contributed by atoms with Crippen LogP contribution in [0.3, 0.4) is 0 Å². The van der Waals surface area contributed by atoms with E-state index < -0.39 is 6.10 Å². The summed E-state index contributed by atoms with van der Waals surface area (Å²) in [5.41, 5.74) is 1.89. The van der Waals surface area contributed by atoms with Crippen LogP contribution in [0.1, 0.15) is 19.4 Å². The van der Waals surface area contributed by atoms with Crippen molar-refractivity contribution in [2.45, 2.75) is 26.9 Å². The summed E-state index contributed by atoms with van der Waals surface area (Å²) in [7, 11) is 0. The number of likely N-dealkylation sites (N-methyl/N-ethyl adjacent to an activating group) is 1. The number of hydrogen-bond acceptors (Lipinski definition) is 2. The van der Waals surface area contributed by atoms with Gasteiger partial charge in [0.1, 0.15) is 11.6 Å². The number of benzene rings is 2. The predicted molar refractivity (Wildman–Crippen MR) is 85.7 cm³/mol. The molecule has 0 radical (unpaired) electrons. The molecule has 0 aromatic heterocycles. The summed E-state index contributed by atoms with van der Waals surface area (Å²) in [6, 6.07) is 13.5. The maximum Gasteiger partial charge on any atom is 0.267 e. The lowest BCUT2D eigenvalue weighted by Gasteiger charge is -2.26. The summed E-state index contributed by atoms with van der Waals surface area (Å²) < 4.78 is 18.8. The minimum atomic E-state index is -0.693. The van der Waals surface area contributed by atoms with Crippen LogP contribution in [0.25, 0.3) is 0 Å². The Morgan fingerprint density at radius 1 is 1.23 bits per heavy atom. The first-order valence-corrected chi connectivity index (χ1v) is 7.32. The van der Waals surface area contributed by atoms with Crippen molar-refractivity contribution in [3.05, 3.63) is 59.9 Å². The van der Waals surface area contributed by atoms with Gasteiger partial charge in [-0.05, 0) is 44.5 Å². The highest BCUT2D eigenvalue weighted by Crippen LogP contribution is 2.21. The number of carbonyl (C=O) groups is 1. The van der Waals surface area contributed by atoms with Crippen LogP contribution in [0.4, 0.5) is 10.1 Å². The van der Waals surface area contributed by atoms with Gasteiger partial charge in [-0.15, -0.1) is 0 Å². The van der Waals surface area contributed by atoms with E-state index in [9.17, 15) is 9.18 Å². The van der Waals surface area contributed by atoms with Gasteiger partial charge in [-0.3, -0.25) is 4.79 Å². The standard InChI is InChI=1S/C18H20FNO2/c1-4-20(17-11-6-5-8-13(17)2)18(21)14(3)22-16-10-7-9-15(19)12-16/h5-12,14H,4H2,1-3H3. The minimum absolute atomic E-state index is 0.152.